The fourth-order valence-corrected chi connectivity index (χ4v) is 5.13. The van der Waals surface area contributed by atoms with Gasteiger partial charge in [-0.15, -0.1) is 13.2 Å². The Morgan fingerprint density at radius 2 is 1.96 bits per heavy atom. The fraction of sp³-hybridized carbons (Fsp3) is 0.667. The highest BCUT2D eigenvalue weighted by Crippen LogP contribution is 2.55. The summed E-state index contributed by atoms with van der Waals surface area (Å²) in [4.78, 5) is 12.1. The first kappa shape index (κ1) is 18.4. The van der Waals surface area contributed by atoms with E-state index in [0.29, 0.717) is 12.8 Å². The van der Waals surface area contributed by atoms with Crippen LogP contribution in [-0.2, 0) is 19.0 Å². The molecule has 0 amide bonds. The highest BCUT2D eigenvalue weighted by Gasteiger charge is 2.61. The van der Waals surface area contributed by atoms with Gasteiger partial charge >= 0.3 is 5.97 Å². The number of esters is 1. The van der Waals surface area contributed by atoms with Crippen molar-refractivity contribution in [2.75, 3.05) is 0 Å². The van der Waals surface area contributed by atoms with Crippen LogP contribution in [-0.4, -0.2) is 28.6 Å². The average molecular weight is 346 g/mol. The van der Waals surface area contributed by atoms with Crippen molar-refractivity contribution in [2.45, 2.75) is 82.4 Å². The predicted octanol–water partition coefficient (Wildman–Crippen LogP) is 4.46. The molecule has 0 unspecified atom stereocenters. The zero-order chi connectivity index (χ0) is 18.5. The third-order valence-electron chi connectivity index (χ3n) is 5.86. The number of hydrogen-bond donors (Lipinski definition) is 0. The highest BCUT2D eigenvalue weighted by molar-refractivity contribution is 5.78. The van der Waals surface area contributed by atoms with Gasteiger partial charge in [-0.05, 0) is 52.5 Å². The van der Waals surface area contributed by atoms with E-state index in [-0.39, 0.29) is 17.5 Å². The van der Waals surface area contributed by atoms with Gasteiger partial charge in [0.25, 0.3) is 0 Å². The first-order valence-corrected chi connectivity index (χ1v) is 9.14. The molecule has 0 radical (unpaired) electrons. The zero-order valence-electron chi connectivity index (χ0n) is 15.9. The Balaban J connectivity index is 2.09. The molecule has 2 fully saturated rings. The second-order valence-electron chi connectivity index (χ2n) is 8.53. The van der Waals surface area contributed by atoms with Crippen LogP contribution in [0.2, 0.25) is 0 Å². The maximum absolute atomic E-state index is 12.1. The lowest BCUT2D eigenvalue weighted by molar-refractivity contribution is -0.373. The van der Waals surface area contributed by atoms with Crippen LogP contribution in [0.15, 0.2) is 37.0 Å². The third kappa shape index (κ3) is 3.00. The molecule has 0 spiro atoms. The van der Waals surface area contributed by atoms with Crippen molar-refractivity contribution >= 4 is 5.97 Å². The Morgan fingerprint density at radius 1 is 1.24 bits per heavy atom. The zero-order valence-corrected chi connectivity index (χ0v) is 15.9. The lowest BCUT2D eigenvalue weighted by Gasteiger charge is -2.57. The summed E-state index contributed by atoms with van der Waals surface area (Å²) in [5, 5.41) is 0. The Morgan fingerprint density at radius 3 is 2.60 bits per heavy atom. The minimum atomic E-state index is -0.735. The van der Waals surface area contributed by atoms with E-state index in [2.05, 4.69) is 33.1 Å². The molecule has 2 heterocycles. The molecule has 0 bridgehead atoms. The Labute approximate surface area is 150 Å². The number of allylic oxidation sites excluding steroid dienone is 2. The van der Waals surface area contributed by atoms with Crippen LogP contribution in [0.5, 0.6) is 0 Å². The summed E-state index contributed by atoms with van der Waals surface area (Å²) in [5.41, 5.74) is -0.547. The molecule has 1 aliphatic carbocycles. The maximum Gasteiger partial charge on any atom is 0.310 e. The minimum absolute atomic E-state index is 0.0999. The summed E-state index contributed by atoms with van der Waals surface area (Å²) in [5.74, 6) is -0.789. The number of fused-ring (bicyclic) bond motifs is 2. The summed E-state index contributed by atoms with van der Waals surface area (Å²) >= 11 is 0. The van der Waals surface area contributed by atoms with Crippen LogP contribution in [0.3, 0.4) is 0 Å². The Bertz CT molecular complexity index is 630. The summed E-state index contributed by atoms with van der Waals surface area (Å²) in [7, 11) is 0. The quantitative estimate of drug-likeness (QED) is 0.557. The van der Waals surface area contributed by atoms with Crippen LogP contribution in [0, 0.1) is 5.92 Å². The van der Waals surface area contributed by atoms with Gasteiger partial charge in [0, 0.05) is 12.3 Å². The lowest BCUT2D eigenvalue weighted by atomic mass is 9.69. The van der Waals surface area contributed by atoms with E-state index in [4.69, 9.17) is 14.2 Å². The summed E-state index contributed by atoms with van der Waals surface area (Å²) in [6.45, 7) is 16.0. The molecule has 25 heavy (non-hydrogen) atoms. The molecule has 4 nitrogen and oxygen atoms in total. The van der Waals surface area contributed by atoms with E-state index < -0.39 is 17.0 Å². The van der Waals surface area contributed by atoms with Crippen molar-refractivity contribution in [3.8, 4) is 0 Å². The number of hydrogen-bond acceptors (Lipinski definition) is 4. The second-order valence-corrected chi connectivity index (χ2v) is 8.53. The number of ether oxygens (including phenoxy) is 3. The van der Waals surface area contributed by atoms with E-state index in [1.807, 2.05) is 26.0 Å². The molecule has 138 valence electrons. The molecule has 3 aliphatic rings. The van der Waals surface area contributed by atoms with Crippen LogP contribution >= 0.6 is 0 Å². The van der Waals surface area contributed by atoms with Crippen molar-refractivity contribution in [1.82, 2.24) is 0 Å². The number of rotatable bonds is 4. The first-order chi connectivity index (χ1) is 11.6. The SMILES string of the molecule is C=CCC[C@]12C[C@@]3(C=C)OC(C)(C)OC(C)(C)[C@@H]3CC=C1CC(=O)O2. The van der Waals surface area contributed by atoms with Crippen molar-refractivity contribution < 1.29 is 19.0 Å². The van der Waals surface area contributed by atoms with Gasteiger partial charge in [-0.25, -0.2) is 0 Å². The normalized spacial score (nSPS) is 38.6. The van der Waals surface area contributed by atoms with Gasteiger partial charge < -0.3 is 14.2 Å². The molecule has 2 saturated heterocycles. The first-order valence-electron chi connectivity index (χ1n) is 9.14. The molecular weight excluding hydrogens is 316 g/mol. The molecule has 0 aromatic rings. The van der Waals surface area contributed by atoms with Crippen LogP contribution in [0.4, 0.5) is 0 Å². The van der Waals surface area contributed by atoms with E-state index in [1.165, 1.54) is 0 Å². The summed E-state index contributed by atoms with van der Waals surface area (Å²) in [6.07, 6.45) is 9.18. The fourth-order valence-electron chi connectivity index (χ4n) is 5.13. The van der Waals surface area contributed by atoms with Crippen LogP contribution < -0.4 is 0 Å². The number of carbonyl (C=O) groups excluding carboxylic acids is 1. The molecule has 3 rings (SSSR count). The Hall–Kier alpha value is -1.39. The van der Waals surface area contributed by atoms with Gasteiger partial charge in [0.15, 0.2) is 5.79 Å². The van der Waals surface area contributed by atoms with E-state index in [0.717, 1.165) is 24.8 Å². The van der Waals surface area contributed by atoms with Crippen molar-refractivity contribution in [2.24, 2.45) is 5.92 Å². The minimum Gasteiger partial charge on any atom is -0.454 e. The maximum atomic E-state index is 12.1. The molecule has 0 N–H and O–H groups in total. The molecule has 2 aliphatic heterocycles. The van der Waals surface area contributed by atoms with Gasteiger partial charge in [0.1, 0.15) is 5.60 Å². The summed E-state index contributed by atoms with van der Waals surface area (Å²) in [6, 6.07) is 0. The van der Waals surface area contributed by atoms with Crippen molar-refractivity contribution in [3.05, 3.63) is 37.0 Å². The third-order valence-corrected chi connectivity index (χ3v) is 5.86. The van der Waals surface area contributed by atoms with Crippen LogP contribution in [0.1, 0.15) is 59.8 Å². The summed E-state index contributed by atoms with van der Waals surface area (Å²) < 4.78 is 18.7. The molecule has 0 aromatic carbocycles. The largest absolute Gasteiger partial charge is 0.454 e. The van der Waals surface area contributed by atoms with Gasteiger partial charge in [0.05, 0.1) is 17.6 Å². The smallest absolute Gasteiger partial charge is 0.310 e. The lowest BCUT2D eigenvalue weighted by Crippen LogP contribution is -2.63. The van der Waals surface area contributed by atoms with E-state index in [9.17, 15) is 4.79 Å². The standard InChI is InChI=1S/C21H30O4/c1-7-9-12-21-14-20(8-2)16(11-10-15(21)13-17(22)23-21)18(3,4)24-19(5,6)25-20/h7-8,10,16H,1-2,9,11-14H2,3-6H3/t16-,20+,21-/m0/s1. The topological polar surface area (TPSA) is 44.8 Å². The average Bonchev–Trinajstić information content (AvgIpc) is 2.70. The van der Waals surface area contributed by atoms with Gasteiger partial charge in [-0.3, -0.25) is 4.79 Å². The highest BCUT2D eigenvalue weighted by atomic mass is 16.7. The van der Waals surface area contributed by atoms with E-state index >= 15 is 0 Å². The Kier molecular flexibility index (Phi) is 4.28. The predicted molar refractivity (Wildman–Crippen MR) is 96.9 cm³/mol. The van der Waals surface area contributed by atoms with Gasteiger partial charge in [-0.1, -0.05) is 18.2 Å². The second kappa shape index (κ2) is 5.82. The number of carbonyl (C=O) groups is 1. The van der Waals surface area contributed by atoms with Gasteiger partial charge in [-0.2, -0.15) is 0 Å². The molecule has 4 heteroatoms. The molecular formula is C21H30O4. The van der Waals surface area contributed by atoms with Crippen molar-refractivity contribution in [1.29, 1.82) is 0 Å². The monoisotopic (exact) mass is 346 g/mol. The van der Waals surface area contributed by atoms with Crippen molar-refractivity contribution in [3.63, 3.8) is 0 Å². The van der Waals surface area contributed by atoms with Gasteiger partial charge in [0.2, 0.25) is 0 Å². The van der Waals surface area contributed by atoms with Crippen LogP contribution in [0.25, 0.3) is 0 Å². The molecule has 0 saturated carbocycles. The van der Waals surface area contributed by atoms with E-state index in [1.54, 1.807) is 0 Å². The molecule has 3 atom stereocenters. The molecule has 0 aromatic heterocycles.